The Hall–Kier alpha value is -2.74. The first-order valence-electron chi connectivity index (χ1n) is 7.96. The predicted molar refractivity (Wildman–Crippen MR) is 90.0 cm³/mol. The van der Waals surface area contributed by atoms with Crippen molar-refractivity contribution < 1.29 is 9.53 Å². The first-order valence-corrected chi connectivity index (χ1v) is 7.96. The molecule has 0 aliphatic carbocycles. The molecule has 3 heterocycles. The summed E-state index contributed by atoms with van der Waals surface area (Å²) in [6.45, 7) is 1.75. The number of aromatic nitrogens is 3. The molecule has 1 saturated heterocycles. The zero-order chi connectivity index (χ0) is 16.6. The number of nitrogens with zero attached hydrogens (tertiary/aromatic N) is 3. The summed E-state index contributed by atoms with van der Waals surface area (Å²) >= 11 is 0. The van der Waals surface area contributed by atoms with Gasteiger partial charge in [0.15, 0.2) is 5.82 Å². The maximum Gasteiger partial charge on any atom is 0.249 e. The Balaban J connectivity index is 1.39. The van der Waals surface area contributed by atoms with Crippen LogP contribution in [0.4, 0.5) is 17.5 Å². The standard InChI is InChI=1S/C16H20N6O2/c23-16(12-4-3-11-24-12)19-10-9-18-14-6-7-15(22-21-14)20-13-5-1-2-8-17-13/h1-2,5-8,12H,3-4,9-11H2,(H,18,21)(H,19,23)(H,17,20,22)/t12-/m1/s1. The lowest BCUT2D eigenvalue weighted by atomic mass is 10.2. The van der Waals surface area contributed by atoms with Crippen molar-refractivity contribution >= 4 is 23.4 Å². The molecule has 0 radical (unpaired) electrons. The molecule has 0 bridgehead atoms. The number of rotatable bonds is 7. The average molecular weight is 328 g/mol. The van der Waals surface area contributed by atoms with Crippen LogP contribution in [0.1, 0.15) is 12.8 Å². The second-order valence-electron chi connectivity index (χ2n) is 5.36. The van der Waals surface area contributed by atoms with E-state index in [0.717, 1.165) is 12.8 Å². The Kier molecular flexibility index (Phi) is 5.52. The van der Waals surface area contributed by atoms with Crippen molar-refractivity contribution in [1.82, 2.24) is 20.5 Å². The van der Waals surface area contributed by atoms with E-state index < -0.39 is 0 Å². The minimum atomic E-state index is -0.290. The number of nitrogens with one attached hydrogen (secondary N) is 3. The van der Waals surface area contributed by atoms with Crippen LogP contribution in [0.3, 0.4) is 0 Å². The zero-order valence-electron chi connectivity index (χ0n) is 13.2. The molecule has 8 heteroatoms. The molecular formula is C16H20N6O2. The highest BCUT2D eigenvalue weighted by Crippen LogP contribution is 2.12. The molecule has 0 unspecified atom stereocenters. The molecule has 24 heavy (non-hydrogen) atoms. The first kappa shape index (κ1) is 16.1. The molecule has 2 aromatic heterocycles. The number of anilines is 3. The highest BCUT2D eigenvalue weighted by atomic mass is 16.5. The van der Waals surface area contributed by atoms with Gasteiger partial charge in [-0.3, -0.25) is 4.79 Å². The summed E-state index contributed by atoms with van der Waals surface area (Å²) in [6, 6.07) is 9.23. The summed E-state index contributed by atoms with van der Waals surface area (Å²) < 4.78 is 5.33. The number of pyridine rings is 1. The van der Waals surface area contributed by atoms with Crippen LogP contribution >= 0.6 is 0 Å². The second-order valence-corrected chi connectivity index (χ2v) is 5.36. The fraction of sp³-hybridized carbons (Fsp3) is 0.375. The van der Waals surface area contributed by atoms with Crippen LogP contribution < -0.4 is 16.0 Å². The van der Waals surface area contributed by atoms with Crippen molar-refractivity contribution in [2.24, 2.45) is 0 Å². The van der Waals surface area contributed by atoms with E-state index >= 15 is 0 Å². The normalized spacial score (nSPS) is 16.6. The van der Waals surface area contributed by atoms with Gasteiger partial charge >= 0.3 is 0 Å². The van der Waals surface area contributed by atoms with Crippen molar-refractivity contribution in [2.45, 2.75) is 18.9 Å². The second kappa shape index (κ2) is 8.21. The number of amides is 1. The summed E-state index contributed by atoms with van der Waals surface area (Å²) in [5.74, 6) is 1.93. The quantitative estimate of drug-likeness (QED) is 0.659. The lowest BCUT2D eigenvalue weighted by Crippen LogP contribution is -2.36. The molecular weight excluding hydrogens is 308 g/mol. The summed E-state index contributed by atoms with van der Waals surface area (Å²) in [6.07, 6.45) is 3.17. The first-order chi connectivity index (χ1) is 11.8. The van der Waals surface area contributed by atoms with Crippen molar-refractivity contribution in [3.63, 3.8) is 0 Å². The number of hydrogen-bond acceptors (Lipinski definition) is 7. The van der Waals surface area contributed by atoms with Gasteiger partial charge in [-0.1, -0.05) is 6.07 Å². The van der Waals surface area contributed by atoms with Crippen LogP contribution in [0.2, 0.25) is 0 Å². The van der Waals surface area contributed by atoms with Crippen molar-refractivity contribution in [3.8, 4) is 0 Å². The molecule has 1 atom stereocenters. The van der Waals surface area contributed by atoms with E-state index in [1.54, 1.807) is 6.20 Å². The highest BCUT2D eigenvalue weighted by Gasteiger charge is 2.22. The third kappa shape index (κ3) is 4.63. The van der Waals surface area contributed by atoms with E-state index in [2.05, 4.69) is 31.1 Å². The van der Waals surface area contributed by atoms with Crippen LogP contribution in [0.15, 0.2) is 36.5 Å². The summed E-state index contributed by atoms with van der Waals surface area (Å²) in [4.78, 5) is 15.9. The Morgan fingerprint density at radius 1 is 1.12 bits per heavy atom. The lowest BCUT2D eigenvalue weighted by molar-refractivity contribution is -0.129. The molecule has 1 amide bonds. The van der Waals surface area contributed by atoms with Gasteiger partial charge in [0.1, 0.15) is 17.7 Å². The number of carbonyl (C=O) groups excluding carboxylic acids is 1. The smallest absolute Gasteiger partial charge is 0.249 e. The van der Waals surface area contributed by atoms with Gasteiger partial charge in [-0.2, -0.15) is 0 Å². The van der Waals surface area contributed by atoms with Crippen LogP contribution in [0.5, 0.6) is 0 Å². The topological polar surface area (TPSA) is 101 Å². The van der Waals surface area contributed by atoms with Crippen LogP contribution in [0, 0.1) is 0 Å². The molecule has 2 aromatic rings. The molecule has 0 aromatic carbocycles. The summed E-state index contributed by atoms with van der Waals surface area (Å²) in [5, 5.41) is 17.2. The van der Waals surface area contributed by atoms with Gasteiger partial charge in [0.05, 0.1) is 0 Å². The summed E-state index contributed by atoms with van der Waals surface area (Å²) in [5.41, 5.74) is 0. The van der Waals surface area contributed by atoms with Crippen LogP contribution in [-0.4, -0.2) is 46.9 Å². The SMILES string of the molecule is O=C(NCCNc1ccc(Nc2ccccn2)nn1)[C@H]1CCCO1. The van der Waals surface area contributed by atoms with Gasteiger partial charge in [-0.15, -0.1) is 10.2 Å². The Morgan fingerprint density at radius 2 is 2.00 bits per heavy atom. The number of ether oxygens (including phenoxy) is 1. The molecule has 126 valence electrons. The largest absolute Gasteiger partial charge is 0.368 e. The van der Waals surface area contributed by atoms with Crippen LogP contribution in [-0.2, 0) is 9.53 Å². The maximum atomic E-state index is 11.8. The third-order valence-electron chi connectivity index (χ3n) is 3.54. The van der Waals surface area contributed by atoms with Crippen LogP contribution in [0.25, 0.3) is 0 Å². The van der Waals surface area contributed by atoms with Crippen molar-refractivity contribution in [2.75, 3.05) is 30.3 Å². The molecule has 0 saturated carbocycles. The van der Waals surface area contributed by atoms with Gasteiger partial charge in [0, 0.05) is 25.9 Å². The molecule has 1 aliphatic rings. The number of hydrogen-bond donors (Lipinski definition) is 3. The van der Waals surface area contributed by atoms with E-state index in [-0.39, 0.29) is 12.0 Å². The number of carbonyl (C=O) groups is 1. The fourth-order valence-electron chi connectivity index (χ4n) is 2.34. The minimum absolute atomic E-state index is 0.0460. The third-order valence-corrected chi connectivity index (χ3v) is 3.54. The van der Waals surface area contributed by atoms with E-state index in [4.69, 9.17) is 4.74 Å². The molecule has 3 N–H and O–H groups in total. The zero-order valence-corrected chi connectivity index (χ0v) is 13.2. The fourth-order valence-corrected chi connectivity index (χ4v) is 2.34. The Morgan fingerprint density at radius 3 is 2.71 bits per heavy atom. The van der Waals surface area contributed by atoms with E-state index in [9.17, 15) is 4.79 Å². The average Bonchev–Trinajstić information content (AvgIpc) is 3.16. The lowest BCUT2D eigenvalue weighted by Gasteiger charge is -2.11. The van der Waals surface area contributed by atoms with Gasteiger partial charge in [-0.25, -0.2) is 4.98 Å². The van der Waals surface area contributed by atoms with Gasteiger partial charge in [-0.05, 0) is 37.1 Å². The molecule has 3 rings (SSSR count). The Labute approximate surface area is 140 Å². The van der Waals surface area contributed by atoms with Crippen molar-refractivity contribution in [1.29, 1.82) is 0 Å². The van der Waals surface area contributed by atoms with E-state index in [1.165, 1.54) is 0 Å². The maximum absolute atomic E-state index is 11.8. The highest BCUT2D eigenvalue weighted by molar-refractivity contribution is 5.80. The molecule has 0 spiro atoms. The molecule has 8 nitrogen and oxygen atoms in total. The van der Waals surface area contributed by atoms with Gasteiger partial charge in [0.25, 0.3) is 0 Å². The Bertz CT molecular complexity index is 643. The minimum Gasteiger partial charge on any atom is -0.368 e. The van der Waals surface area contributed by atoms with Gasteiger partial charge < -0.3 is 20.7 Å². The monoisotopic (exact) mass is 328 g/mol. The van der Waals surface area contributed by atoms with E-state index in [1.807, 2.05) is 30.3 Å². The van der Waals surface area contributed by atoms with Gasteiger partial charge in [0.2, 0.25) is 5.91 Å². The summed E-state index contributed by atoms with van der Waals surface area (Å²) in [7, 11) is 0. The van der Waals surface area contributed by atoms with Crippen molar-refractivity contribution in [3.05, 3.63) is 36.5 Å². The molecule has 1 fully saturated rings. The predicted octanol–water partition coefficient (Wildman–Crippen LogP) is 1.32. The van der Waals surface area contributed by atoms with E-state index in [0.29, 0.717) is 37.1 Å². The molecule has 1 aliphatic heterocycles.